The quantitative estimate of drug-likeness (QED) is 0.563. The fraction of sp³-hybridized carbons (Fsp3) is 0.263. The average Bonchev–Trinajstić information content (AvgIpc) is 2.61. The Bertz CT molecular complexity index is 810. The number of aryl methyl sites for hydroxylation is 2. The van der Waals surface area contributed by atoms with Gasteiger partial charge in [-0.25, -0.2) is 0 Å². The van der Waals surface area contributed by atoms with Crippen LogP contribution < -0.4 is 10.1 Å². The fourth-order valence-electron chi connectivity index (χ4n) is 2.13. The van der Waals surface area contributed by atoms with Gasteiger partial charge in [0.05, 0.1) is 17.9 Å². The molecule has 1 N–H and O–H groups in total. The maximum atomic E-state index is 11.9. The highest BCUT2D eigenvalue weighted by Crippen LogP contribution is 2.27. The molecule has 2 aromatic rings. The van der Waals surface area contributed by atoms with Gasteiger partial charge in [0.15, 0.2) is 6.61 Å². The monoisotopic (exact) mass is 393 g/mol. The van der Waals surface area contributed by atoms with Crippen LogP contribution in [-0.2, 0) is 14.3 Å². The maximum absolute atomic E-state index is 11.9. The molecule has 0 bridgehead atoms. The Kier molecular flexibility index (Phi) is 7.36. The van der Waals surface area contributed by atoms with Crippen LogP contribution in [0.15, 0.2) is 41.3 Å². The SMILES string of the molecule is COc1ccc(NC(=O)COC(=O)CSc2cc(C)ccc2C)cc1Cl. The van der Waals surface area contributed by atoms with Crippen molar-refractivity contribution >= 4 is 40.9 Å². The van der Waals surface area contributed by atoms with Gasteiger partial charge >= 0.3 is 5.97 Å². The van der Waals surface area contributed by atoms with Crippen LogP contribution in [-0.4, -0.2) is 31.3 Å². The smallest absolute Gasteiger partial charge is 0.316 e. The molecule has 1 amide bonds. The number of rotatable bonds is 7. The predicted molar refractivity (Wildman–Crippen MR) is 104 cm³/mol. The number of benzene rings is 2. The summed E-state index contributed by atoms with van der Waals surface area (Å²) in [5, 5.41) is 3.00. The van der Waals surface area contributed by atoms with Gasteiger partial charge in [0.1, 0.15) is 5.75 Å². The number of hydrogen-bond acceptors (Lipinski definition) is 5. The van der Waals surface area contributed by atoms with Crippen molar-refractivity contribution in [3.8, 4) is 5.75 Å². The molecule has 0 unspecified atom stereocenters. The normalized spacial score (nSPS) is 10.3. The molecule has 138 valence electrons. The van der Waals surface area contributed by atoms with Crippen LogP contribution in [0.3, 0.4) is 0 Å². The average molecular weight is 394 g/mol. The van der Waals surface area contributed by atoms with Gasteiger partial charge in [-0.3, -0.25) is 9.59 Å². The number of halogens is 1. The lowest BCUT2D eigenvalue weighted by molar-refractivity contribution is -0.144. The lowest BCUT2D eigenvalue weighted by Gasteiger charge is -2.09. The van der Waals surface area contributed by atoms with E-state index in [1.54, 1.807) is 18.2 Å². The molecule has 2 rings (SSSR count). The summed E-state index contributed by atoms with van der Waals surface area (Å²) in [6, 6.07) is 10.9. The molecule has 0 spiro atoms. The Morgan fingerprint density at radius 2 is 1.92 bits per heavy atom. The van der Waals surface area contributed by atoms with E-state index in [0.29, 0.717) is 16.5 Å². The number of carbonyl (C=O) groups excluding carboxylic acids is 2. The van der Waals surface area contributed by atoms with E-state index in [4.69, 9.17) is 21.1 Å². The zero-order valence-electron chi connectivity index (χ0n) is 14.8. The Morgan fingerprint density at radius 3 is 2.62 bits per heavy atom. The van der Waals surface area contributed by atoms with Crippen molar-refractivity contribution in [1.82, 2.24) is 0 Å². The number of nitrogens with one attached hydrogen (secondary N) is 1. The Balaban J connectivity index is 1.78. The van der Waals surface area contributed by atoms with Crippen LogP contribution >= 0.6 is 23.4 Å². The lowest BCUT2D eigenvalue weighted by Crippen LogP contribution is -2.21. The summed E-state index contributed by atoms with van der Waals surface area (Å²) < 4.78 is 10.1. The zero-order chi connectivity index (χ0) is 19.1. The molecule has 0 aliphatic rings. The van der Waals surface area contributed by atoms with Crippen molar-refractivity contribution < 1.29 is 19.1 Å². The van der Waals surface area contributed by atoms with E-state index in [1.807, 2.05) is 32.0 Å². The van der Waals surface area contributed by atoms with Crippen molar-refractivity contribution in [2.75, 3.05) is 24.8 Å². The zero-order valence-corrected chi connectivity index (χ0v) is 16.4. The summed E-state index contributed by atoms with van der Waals surface area (Å²) in [6.45, 7) is 3.63. The number of esters is 1. The van der Waals surface area contributed by atoms with Crippen LogP contribution in [0.2, 0.25) is 5.02 Å². The van der Waals surface area contributed by atoms with E-state index < -0.39 is 11.9 Å². The Labute approximate surface area is 162 Å². The molecule has 0 fully saturated rings. The summed E-state index contributed by atoms with van der Waals surface area (Å²) >= 11 is 7.39. The fourth-order valence-corrected chi connectivity index (χ4v) is 3.31. The highest BCUT2D eigenvalue weighted by atomic mass is 35.5. The second-order valence-electron chi connectivity index (χ2n) is 5.62. The lowest BCUT2D eigenvalue weighted by atomic mass is 10.2. The van der Waals surface area contributed by atoms with Crippen LogP contribution in [0.4, 0.5) is 5.69 Å². The van der Waals surface area contributed by atoms with Gasteiger partial charge in [-0.1, -0.05) is 29.3 Å². The molecule has 0 atom stereocenters. The second-order valence-corrected chi connectivity index (χ2v) is 7.04. The minimum Gasteiger partial charge on any atom is -0.495 e. The van der Waals surface area contributed by atoms with Gasteiger partial charge in [0.25, 0.3) is 5.91 Å². The van der Waals surface area contributed by atoms with Gasteiger partial charge in [-0.15, -0.1) is 11.8 Å². The van der Waals surface area contributed by atoms with E-state index in [0.717, 1.165) is 16.0 Å². The third kappa shape index (κ3) is 5.97. The molecule has 0 radical (unpaired) electrons. The van der Waals surface area contributed by atoms with E-state index in [-0.39, 0.29) is 12.4 Å². The molecule has 0 aliphatic carbocycles. The topological polar surface area (TPSA) is 64.6 Å². The summed E-state index contributed by atoms with van der Waals surface area (Å²) in [4.78, 5) is 24.8. The van der Waals surface area contributed by atoms with Crippen molar-refractivity contribution in [1.29, 1.82) is 0 Å². The minimum atomic E-state index is -0.446. The molecule has 26 heavy (non-hydrogen) atoms. The molecule has 0 aliphatic heterocycles. The second kappa shape index (κ2) is 9.50. The standard InChI is InChI=1S/C19H20ClNO4S/c1-12-4-5-13(2)17(8-12)26-11-19(23)25-10-18(22)21-14-6-7-16(24-3)15(20)9-14/h4-9H,10-11H2,1-3H3,(H,21,22). The maximum Gasteiger partial charge on any atom is 0.316 e. The number of hydrogen-bond donors (Lipinski definition) is 1. The molecule has 7 heteroatoms. The Morgan fingerprint density at radius 1 is 1.15 bits per heavy atom. The van der Waals surface area contributed by atoms with E-state index in [9.17, 15) is 9.59 Å². The predicted octanol–water partition coefficient (Wildman–Crippen LogP) is 4.24. The van der Waals surface area contributed by atoms with Crippen LogP contribution in [0.25, 0.3) is 0 Å². The van der Waals surface area contributed by atoms with Gasteiger partial charge < -0.3 is 14.8 Å². The highest BCUT2D eigenvalue weighted by Gasteiger charge is 2.11. The number of amides is 1. The molecule has 2 aromatic carbocycles. The largest absolute Gasteiger partial charge is 0.495 e. The van der Waals surface area contributed by atoms with Crippen molar-refractivity contribution in [2.45, 2.75) is 18.7 Å². The van der Waals surface area contributed by atoms with Crippen LogP contribution in [0.5, 0.6) is 5.75 Å². The minimum absolute atomic E-state index is 0.145. The first kappa shape index (κ1) is 20.1. The third-order valence-electron chi connectivity index (χ3n) is 3.49. The van der Waals surface area contributed by atoms with Crippen LogP contribution in [0, 0.1) is 13.8 Å². The van der Waals surface area contributed by atoms with Crippen molar-refractivity contribution in [2.24, 2.45) is 0 Å². The van der Waals surface area contributed by atoms with E-state index in [1.165, 1.54) is 18.9 Å². The first-order chi connectivity index (χ1) is 12.4. The number of thioether (sulfide) groups is 1. The number of ether oxygens (including phenoxy) is 2. The summed E-state index contributed by atoms with van der Waals surface area (Å²) in [5.41, 5.74) is 2.73. The van der Waals surface area contributed by atoms with Gasteiger partial charge in [-0.2, -0.15) is 0 Å². The summed E-state index contributed by atoms with van der Waals surface area (Å²) in [7, 11) is 1.51. The van der Waals surface area contributed by atoms with Gasteiger partial charge in [-0.05, 0) is 43.7 Å². The van der Waals surface area contributed by atoms with Crippen molar-refractivity contribution in [3.05, 3.63) is 52.5 Å². The highest BCUT2D eigenvalue weighted by molar-refractivity contribution is 8.00. The summed E-state index contributed by atoms with van der Waals surface area (Å²) in [6.07, 6.45) is 0. The van der Waals surface area contributed by atoms with Gasteiger partial charge in [0, 0.05) is 10.6 Å². The van der Waals surface area contributed by atoms with E-state index in [2.05, 4.69) is 5.32 Å². The molecule has 0 heterocycles. The first-order valence-electron chi connectivity index (χ1n) is 7.88. The van der Waals surface area contributed by atoms with Crippen molar-refractivity contribution in [3.63, 3.8) is 0 Å². The molecule has 0 saturated carbocycles. The summed E-state index contributed by atoms with van der Waals surface area (Å²) in [5.74, 6) is -0.221. The Hall–Kier alpha value is -2.18. The third-order valence-corrected chi connectivity index (χ3v) is 4.92. The molecular weight excluding hydrogens is 374 g/mol. The number of carbonyl (C=O) groups is 2. The molecule has 0 saturated heterocycles. The number of anilines is 1. The molecular formula is C19H20ClNO4S. The molecule has 0 aromatic heterocycles. The van der Waals surface area contributed by atoms with Crippen LogP contribution in [0.1, 0.15) is 11.1 Å². The first-order valence-corrected chi connectivity index (χ1v) is 9.24. The number of methoxy groups -OCH3 is 1. The van der Waals surface area contributed by atoms with E-state index >= 15 is 0 Å². The van der Waals surface area contributed by atoms with Gasteiger partial charge in [0.2, 0.25) is 0 Å². The molecule has 5 nitrogen and oxygen atoms in total.